The molecular formula is C28H32N2O3. The van der Waals surface area contributed by atoms with Crippen molar-refractivity contribution >= 4 is 0 Å². The Morgan fingerprint density at radius 3 is 2.36 bits per heavy atom. The second kappa shape index (κ2) is 9.18. The standard InChI is InChI=1S/C28H32N2O3/c1-32-24-13-8-9-21(15-24)16-29-19-28(20-29)27(22-10-4-3-5-11-22)25(18-31)30(28)17-23-12-6-7-14-26(23)33-2/h3-15,25,27,31H,16-20H2,1-2H3/t25-,27-/m1/s1. The lowest BCUT2D eigenvalue weighted by Crippen LogP contribution is -2.83. The number of hydrogen-bond donors (Lipinski definition) is 1. The summed E-state index contributed by atoms with van der Waals surface area (Å²) in [6.45, 7) is 3.75. The van der Waals surface area contributed by atoms with Crippen LogP contribution in [-0.4, -0.2) is 60.4 Å². The molecule has 1 spiro atoms. The fourth-order valence-corrected chi connectivity index (χ4v) is 5.90. The highest BCUT2D eigenvalue weighted by Gasteiger charge is 2.65. The molecule has 5 rings (SSSR count). The summed E-state index contributed by atoms with van der Waals surface area (Å²) in [6, 6.07) is 27.3. The maximum Gasteiger partial charge on any atom is 0.123 e. The van der Waals surface area contributed by atoms with E-state index in [0.717, 1.165) is 43.2 Å². The molecule has 0 amide bonds. The normalized spacial score (nSPS) is 21.9. The Labute approximate surface area is 196 Å². The second-order valence-corrected chi connectivity index (χ2v) is 9.18. The predicted molar refractivity (Wildman–Crippen MR) is 130 cm³/mol. The van der Waals surface area contributed by atoms with E-state index < -0.39 is 0 Å². The monoisotopic (exact) mass is 444 g/mol. The number of hydrogen-bond acceptors (Lipinski definition) is 5. The fourth-order valence-electron chi connectivity index (χ4n) is 5.90. The van der Waals surface area contributed by atoms with Gasteiger partial charge in [-0.1, -0.05) is 60.7 Å². The third-order valence-corrected chi connectivity index (χ3v) is 7.35. The van der Waals surface area contributed by atoms with Crippen LogP contribution < -0.4 is 9.47 Å². The average Bonchev–Trinajstić information content (AvgIpc) is 2.84. The first-order valence-corrected chi connectivity index (χ1v) is 11.6. The third kappa shape index (κ3) is 3.90. The molecule has 2 fully saturated rings. The van der Waals surface area contributed by atoms with Gasteiger partial charge in [0.15, 0.2) is 0 Å². The van der Waals surface area contributed by atoms with Gasteiger partial charge in [-0.3, -0.25) is 9.80 Å². The van der Waals surface area contributed by atoms with Crippen molar-refractivity contribution in [2.75, 3.05) is 33.9 Å². The molecule has 5 nitrogen and oxygen atoms in total. The molecule has 0 aromatic heterocycles. The predicted octanol–water partition coefficient (Wildman–Crippen LogP) is 3.92. The average molecular weight is 445 g/mol. The smallest absolute Gasteiger partial charge is 0.123 e. The topological polar surface area (TPSA) is 45.2 Å². The van der Waals surface area contributed by atoms with E-state index in [2.05, 4.69) is 70.5 Å². The summed E-state index contributed by atoms with van der Waals surface area (Å²) in [5.41, 5.74) is 3.74. The van der Waals surface area contributed by atoms with Gasteiger partial charge in [-0.05, 0) is 29.3 Å². The van der Waals surface area contributed by atoms with Crippen molar-refractivity contribution in [3.8, 4) is 11.5 Å². The van der Waals surface area contributed by atoms with Gasteiger partial charge in [0.05, 0.1) is 26.4 Å². The van der Waals surface area contributed by atoms with Gasteiger partial charge in [0, 0.05) is 43.7 Å². The summed E-state index contributed by atoms with van der Waals surface area (Å²) >= 11 is 0. The molecule has 2 heterocycles. The lowest BCUT2D eigenvalue weighted by atomic mass is 9.60. The van der Waals surface area contributed by atoms with Gasteiger partial charge in [-0.25, -0.2) is 0 Å². The highest BCUT2D eigenvalue weighted by molar-refractivity contribution is 5.39. The molecular weight excluding hydrogens is 412 g/mol. The zero-order valence-electron chi connectivity index (χ0n) is 19.4. The molecule has 0 radical (unpaired) electrons. The van der Waals surface area contributed by atoms with Crippen LogP contribution >= 0.6 is 0 Å². The largest absolute Gasteiger partial charge is 0.497 e. The molecule has 2 aliphatic rings. The Morgan fingerprint density at radius 1 is 0.879 bits per heavy atom. The second-order valence-electron chi connectivity index (χ2n) is 9.18. The summed E-state index contributed by atoms with van der Waals surface area (Å²) in [5, 5.41) is 10.4. The Kier molecular flexibility index (Phi) is 6.11. The molecule has 33 heavy (non-hydrogen) atoms. The molecule has 3 aromatic carbocycles. The van der Waals surface area contributed by atoms with Crippen molar-refractivity contribution in [3.63, 3.8) is 0 Å². The van der Waals surface area contributed by atoms with E-state index in [4.69, 9.17) is 9.47 Å². The highest BCUT2D eigenvalue weighted by Crippen LogP contribution is 2.54. The van der Waals surface area contributed by atoms with Crippen LogP contribution in [-0.2, 0) is 13.1 Å². The molecule has 1 N–H and O–H groups in total. The molecule has 0 saturated carbocycles. The molecule has 172 valence electrons. The summed E-state index contributed by atoms with van der Waals surface area (Å²) in [5.74, 6) is 2.10. The van der Waals surface area contributed by atoms with Crippen molar-refractivity contribution in [1.82, 2.24) is 9.80 Å². The van der Waals surface area contributed by atoms with Gasteiger partial charge in [-0.15, -0.1) is 0 Å². The van der Waals surface area contributed by atoms with E-state index >= 15 is 0 Å². The fraction of sp³-hybridized carbons (Fsp3) is 0.357. The lowest BCUT2D eigenvalue weighted by Gasteiger charge is -2.71. The Hall–Kier alpha value is -2.86. The van der Waals surface area contributed by atoms with E-state index in [1.54, 1.807) is 14.2 Å². The summed E-state index contributed by atoms with van der Waals surface area (Å²) in [4.78, 5) is 5.00. The van der Waals surface area contributed by atoms with E-state index in [-0.39, 0.29) is 18.2 Å². The molecule has 0 bridgehead atoms. The Morgan fingerprint density at radius 2 is 1.64 bits per heavy atom. The quantitative estimate of drug-likeness (QED) is 0.571. The zero-order chi connectivity index (χ0) is 22.8. The van der Waals surface area contributed by atoms with Crippen LogP contribution in [0.4, 0.5) is 0 Å². The minimum absolute atomic E-state index is 0.00840. The molecule has 0 unspecified atom stereocenters. The lowest BCUT2D eigenvalue weighted by molar-refractivity contribution is -0.198. The summed E-state index contributed by atoms with van der Waals surface area (Å²) < 4.78 is 11.0. The van der Waals surface area contributed by atoms with Gasteiger partial charge >= 0.3 is 0 Å². The highest BCUT2D eigenvalue weighted by atomic mass is 16.5. The van der Waals surface area contributed by atoms with E-state index in [1.807, 2.05) is 18.2 Å². The van der Waals surface area contributed by atoms with Crippen LogP contribution in [0.15, 0.2) is 78.9 Å². The number of para-hydroxylation sites is 1. The first kappa shape index (κ1) is 22.0. The van der Waals surface area contributed by atoms with Crippen molar-refractivity contribution in [1.29, 1.82) is 0 Å². The van der Waals surface area contributed by atoms with Gasteiger partial charge < -0.3 is 14.6 Å². The maximum absolute atomic E-state index is 10.4. The summed E-state index contributed by atoms with van der Waals surface area (Å²) in [6.07, 6.45) is 0. The van der Waals surface area contributed by atoms with Gasteiger partial charge in [0.2, 0.25) is 0 Å². The van der Waals surface area contributed by atoms with Gasteiger partial charge in [0.1, 0.15) is 11.5 Å². The molecule has 2 atom stereocenters. The van der Waals surface area contributed by atoms with Crippen LogP contribution in [0.25, 0.3) is 0 Å². The zero-order valence-corrected chi connectivity index (χ0v) is 19.4. The van der Waals surface area contributed by atoms with Crippen LogP contribution in [0.2, 0.25) is 0 Å². The van der Waals surface area contributed by atoms with Crippen LogP contribution in [0.1, 0.15) is 22.6 Å². The van der Waals surface area contributed by atoms with E-state index in [1.165, 1.54) is 11.1 Å². The number of benzene rings is 3. The Balaban J connectivity index is 1.41. The minimum Gasteiger partial charge on any atom is -0.497 e. The number of methoxy groups -OCH3 is 2. The third-order valence-electron chi connectivity index (χ3n) is 7.35. The molecule has 5 heteroatoms. The maximum atomic E-state index is 10.4. The van der Waals surface area contributed by atoms with Crippen LogP contribution in [0.5, 0.6) is 11.5 Å². The number of likely N-dealkylation sites (tertiary alicyclic amines) is 2. The summed E-state index contributed by atoms with van der Waals surface area (Å²) in [7, 11) is 3.43. The number of aliphatic hydroxyl groups is 1. The van der Waals surface area contributed by atoms with E-state index in [0.29, 0.717) is 5.92 Å². The van der Waals surface area contributed by atoms with Crippen LogP contribution in [0.3, 0.4) is 0 Å². The first-order valence-electron chi connectivity index (χ1n) is 11.6. The Bertz CT molecular complexity index is 1080. The van der Waals surface area contributed by atoms with Crippen LogP contribution in [0, 0.1) is 0 Å². The first-order chi connectivity index (χ1) is 16.2. The van der Waals surface area contributed by atoms with Gasteiger partial charge in [-0.2, -0.15) is 0 Å². The minimum atomic E-state index is 0.00840. The SMILES string of the molecule is COc1cccc(CN2CC3(C2)[C@H](c2ccccc2)[C@@H](CO)N3Cc2ccccc2OC)c1. The number of aliphatic hydroxyl groups excluding tert-OH is 1. The van der Waals surface area contributed by atoms with Crippen molar-refractivity contribution in [2.45, 2.75) is 30.6 Å². The van der Waals surface area contributed by atoms with Crippen molar-refractivity contribution < 1.29 is 14.6 Å². The molecule has 2 aliphatic heterocycles. The van der Waals surface area contributed by atoms with Gasteiger partial charge in [0.25, 0.3) is 0 Å². The number of nitrogens with zero attached hydrogens (tertiary/aromatic N) is 2. The van der Waals surface area contributed by atoms with Crippen molar-refractivity contribution in [2.24, 2.45) is 0 Å². The van der Waals surface area contributed by atoms with Crippen molar-refractivity contribution in [3.05, 3.63) is 95.6 Å². The number of ether oxygens (including phenoxy) is 2. The van der Waals surface area contributed by atoms with E-state index in [9.17, 15) is 5.11 Å². The molecule has 3 aromatic rings. The molecule has 0 aliphatic carbocycles. The number of rotatable bonds is 8. The molecule has 2 saturated heterocycles.